The Balaban J connectivity index is 2.35. The standard InChI is InChI=1S/C10H6BrClFN3O2S/c11-7-2-1-6(3-8(7)13)19(17,18)16-10-5-14-4-9(12)15-10/h1-5H,(H,15,16). The number of hydrogen-bond donors (Lipinski definition) is 1. The van der Waals surface area contributed by atoms with Gasteiger partial charge in [-0.3, -0.25) is 9.71 Å². The molecule has 9 heteroatoms. The molecule has 100 valence electrons. The van der Waals surface area contributed by atoms with Crippen LogP contribution in [0.25, 0.3) is 0 Å². The summed E-state index contributed by atoms with van der Waals surface area (Å²) < 4.78 is 39.6. The molecule has 1 aromatic carbocycles. The molecule has 1 heterocycles. The van der Waals surface area contributed by atoms with E-state index in [1.54, 1.807) is 0 Å². The zero-order valence-electron chi connectivity index (χ0n) is 9.14. The van der Waals surface area contributed by atoms with Crippen molar-refractivity contribution < 1.29 is 12.8 Å². The number of aromatic nitrogens is 2. The largest absolute Gasteiger partial charge is 0.263 e. The number of halogens is 3. The fraction of sp³-hybridized carbons (Fsp3) is 0. The van der Waals surface area contributed by atoms with Gasteiger partial charge in [-0.2, -0.15) is 0 Å². The first kappa shape index (κ1) is 14.2. The third kappa shape index (κ3) is 3.40. The molecule has 0 bridgehead atoms. The Kier molecular flexibility index (Phi) is 4.02. The Morgan fingerprint density at radius 3 is 2.68 bits per heavy atom. The highest BCUT2D eigenvalue weighted by atomic mass is 79.9. The van der Waals surface area contributed by atoms with E-state index in [-0.39, 0.29) is 20.3 Å². The zero-order valence-corrected chi connectivity index (χ0v) is 12.3. The molecule has 0 atom stereocenters. The number of benzene rings is 1. The second-order valence-corrected chi connectivity index (χ2v) is 6.33. The lowest BCUT2D eigenvalue weighted by Gasteiger charge is -2.07. The van der Waals surface area contributed by atoms with Gasteiger partial charge in [0.05, 0.1) is 21.8 Å². The van der Waals surface area contributed by atoms with Gasteiger partial charge in [-0.25, -0.2) is 17.8 Å². The number of rotatable bonds is 3. The lowest BCUT2D eigenvalue weighted by Crippen LogP contribution is -2.14. The molecular weight excluding hydrogens is 361 g/mol. The molecule has 0 aliphatic rings. The first-order valence-corrected chi connectivity index (χ1v) is 7.49. The van der Waals surface area contributed by atoms with Crippen molar-refractivity contribution in [2.45, 2.75) is 4.90 Å². The molecule has 0 amide bonds. The maximum absolute atomic E-state index is 13.3. The molecule has 0 unspecified atom stereocenters. The van der Waals surface area contributed by atoms with E-state index in [2.05, 4.69) is 30.6 Å². The number of nitrogens with zero attached hydrogens (tertiary/aromatic N) is 2. The monoisotopic (exact) mass is 365 g/mol. The Labute approximate surface area is 122 Å². The summed E-state index contributed by atoms with van der Waals surface area (Å²) in [6.07, 6.45) is 2.46. The van der Waals surface area contributed by atoms with Crippen molar-refractivity contribution in [2.75, 3.05) is 4.72 Å². The van der Waals surface area contributed by atoms with Crippen LogP contribution < -0.4 is 4.72 Å². The molecule has 0 radical (unpaired) electrons. The van der Waals surface area contributed by atoms with Crippen LogP contribution >= 0.6 is 27.5 Å². The van der Waals surface area contributed by atoms with Crippen LogP contribution in [0.1, 0.15) is 0 Å². The third-order valence-corrected chi connectivity index (χ3v) is 4.22. The van der Waals surface area contributed by atoms with E-state index in [9.17, 15) is 12.8 Å². The second-order valence-electron chi connectivity index (χ2n) is 3.41. The SMILES string of the molecule is O=S(=O)(Nc1cncc(Cl)n1)c1ccc(Br)c(F)c1. The first-order chi connectivity index (χ1) is 8.88. The van der Waals surface area contributed by atoms with Crippen LogP contribution in [0.15, 0.2) is 40.0 Å². The highest BCUT2D eigenvalue weighted by Gasteiger charge is 2.17. The minimum Gasteiger partial charge on any atom is -0.262 e. The van der Waals surface area contributed by atoms with E-state index < -0.39 is 15.8 Å². The van der Waals surface area contributed by atoms with Crippen molar-refractivity contribution in [2.24, 2.45) is 0 Å². The average molecular weight is 367 g/mol. The fourth-order valence-electron chi connectivity index (χ4n) is 1.23. The summed E-state index contributed by atoms with van der Waals surface area (Å²) in [5, 5.41) is 0.0437. The van der Waals surface area contributed by atoms with E-state index in [0.717, 1.165) is 6.07 Å². The molecule has 19 heavy (non-hydrogen) atoms. The summed E-state index contributed by atoms with van der Waals surface area (Å²) in [5.74, 6) is -0.726. The molecule has 0 spiro atoms. The molecule has 0 saturated heterocycles. The van der Waals surface area contributed by atoms with Crippen molar-refractivity contribution in [3.63, 3.8) is 0 Å². The minimum atomic E-state index is -3.94. The summed E-state index contributed by atoms with van der Waals surface area (Å²) in [7, 11) is -3.94. The number of sulfonamides is 1. The van der Waals surface area contributed by atoms with Crippen LogP contribution in [-0.2, 0) is 10.0 Å². The molecule has 0 aliphatic heterocycles. The maximum Gasteiger partial charge on any atom is 0.263 e. The Morgan fingerprint density at radius 2 is 2.05 bits per heavy atom. The number of anilines is 1. The summed E-state index contributed by atoms with van der Waals surface area (Å²) in [6, 6.07) is 3.45. The zero-order chi connectivity index (χ0) is 14.0. The van der Waals surface area contributed by atoms with E-state index in [4.69, 9.17) is 11.6 Å². The van der Waals surface area contributed by atoms with Crippen molar-refractivity contribution >= 4 is 43.4 Å². The lowest BCUT2D eigenvalue weighted by atomic mass is 10.3. The molecule has 5 nitrogen and oxygen atoms in total. The molecule has 1 N–H and O–H groups in total. The van der Waals surface area contributed by atoms with Gasteiger partial charge in [0, 0.05) is 0 Å². The van der Waals surface area contributed by atoms with Crippen LogP contribution in [0.3, 0.4) is 0 Å². The van der Waals surface area contributed by atoms with E-state index in [1.807, 2.05) is 0 Å². The topological polar surface area (TPSA) is 72.0 Å². The summed E-state index contributed by atoms with van der Waals surface area (Å²) in [5.41, 5.74) is 0. The molecule has 0 aliphatic carbocycles. The van der Waals surface area contributed by atoms with E-state index in [0.29, 0.717) is 0 Å². The van der Waals surface area contributed by atoms with Gasteiger partial charge in [0.2, 0.25) is 0 Å². The van der Waals surface area contributed by atoms with E-state index >= 15 is 0 Å². The van der Waals surface area contributed by atoms with Gasteiger partial charge in [0.25, 0.3) is 10.0 Å². The summed E-state index contributed by atoms with van der Waals surface area (Å²) in [6.45, 7) is 0. The number of hydrogen-bond acceptors (Lipinski definition) is 4. The Morgan fingerprint density at radius 1 is 1.32 bits per heavy atom. The van der Waals surface area contributed by atoms with Crippen LogP contribution in [0.4, 0.5) is 10.2 Å². The average Bonchev–Trinajstić information content (AvgIpc) is 2.32. The lowest BCUT2D eigenvalue weighted by molar-refractivity contribution is 0.593. The van der Waals surface area contributed by atoms with Crippen LogP contribution in [0, 0.1) is 5.82 Å². The number of nitrogens with one attached hydrogen (secondary N) is 1. The molecule has 1 aromatic heterocycles. The van der Waals surface area contributed by atoms with Crippen molar-refractivity contribution in [3.8, 4) is 0 Å². The van der Waals surface area contributed by atoms with Crippen LogP contribution in [0.5, 0.6) is 0 Å². The second kappa shape index (κ2) is 5.40. The molecule has 0 fully saturated rings. The maximum atomic E-state index is 13.3. The third-order valence-electron chi connectivity index (χ3n) is 2.05. The predicted octanol–water partition coefficient (Wildman–Crippen LogP) is 2.83. The van der Waals surface area contributed by atoms with E-state index in [1.165, 1.54) is 24.5 Å². The Bertz CT molecular complexity index is 726. The van der Waals surface area contributed by atoms with Crippen molar-refractivity contribution in [1.82, 2.24) is 9.97 Å². The van der Waals surface area contributed by atoms with Crippen molar-refractivity contribution in [3.05, 3.63) is 46.0 Å². The van der Waals surface area contributed by atoms with Crippen LogP contribution in [-0.4, -0.2) is 18.4 Å². The highest BCUT2D eigenvalue weighted by molar-refractivity contribution is 9.10. The molecule has 2 aromatic rings. The summed E-state index contributed by atoms with van der Waals surface area (Å²) >= 11 is 8.53. The smallest absolute Gasteiger partial charge is 0.262 e. The van der Waals surface area contributed by atoms with Gasteiger partial charge < -0.3 is 0 Å². The van der Waals surface area contributed by atoms with Gasteiger partial charge in [0.15, 0.2) is 5.82 Å². The molecule has 0 saturated carbocycles. The first-order valence-electron chi connectivity index (χ1n) is 4.84. The van der Waals surface area contributed by atoms with Gasteiger partial charge in [-0.1, -0.05) is 11.6 Å². The predicted molar refractivity (Wildman–Crippen MR) is 72.0 cm³/mol. The van der Waals surface area contributed by atoms with Crippen molar-refractivity contribution in [1.29, 1.82) is 0 Å². The minimum absolute atomic E-state index is 0.0437. The summed E-state index contributed by atoms with van der Waals surface area (Å²) in [4.78, 5) is 7.20. The molecular formula is C10H6BrClFN3O2S. The fourth-order valence-corrected chi connectivity index (χ4v) is 2.62. The normalized spacial score (nSPS) is 11.3. The van der Waals surface area contributed by atoms with Gasteiger partial charge >= 0.3 is 0 Å². The van der Waals surface area contributed by atoms with Gasteiger partial charge in [-0.15, -0.1) is 0 Å². The van der Waals surface area contributed by atoms with Crippen LogP contribution in [0.2, 0.25) is 5.15 Å². The van der Waals surface area contributed by atoms with Gasteiger partial charge in [0.1, 0.15) is 11.0 Å². The highest BCUT2D eigenvalue weighted by Crippen LogP contribution is 2.21. The molecule has 2 rings (SSSR count). The quantitative estimate of drug-likeness (QED) is 0.906. The Hall–Kier alpha value is -1.25. The van der Waals surface area contributed by atoms with Gasteiger partial charge in [-0.05, 0) is 34.1 Å².